The lowest BCUT2D eigenvalue weighted by atomic mass is 10.0. The molecule has 2 atom stereocenters. The summed E-state index contributed by atoms with van der Waals surface area (Å²) in [6.07, 6.45) is 0.200. The zero-order valence-electron chi connectivity index (χ0n) is 15.1. The number of benzene rings is 2. The van der Waals surface area contributed by atoms with Gasteiger partial charge in [0.1, 0.15) is 5.75 Å². The molecule has 0 saturated heterocycles. The summed E-state index contributed by atoms with van der Waals surface area (Å²) in [5, 5.41) is 13.2. The van der Waals surface area contributed by atoms with E-state index in [0.717, 1.165) is 16.9 Å². The fraction of sp³-hybridized carbons (Fsp3) is 0.381. The van der Waals surface area contributed by atoms with E-state index in [1.807, 2.05) is 75.4 Å². The van der Waals surface area contributed by atoms with Crippen LogP contribution in [0.1, 0.15) is 44.4 Å². The Labute approximate surface area is 149 Å². The lowest BCUT2D eigenvalue weighted by Crippen LogP contribution is -2.35. The van der Waals surface area contributed by atoms with Crippen LogP contribution in [0.15, 0.2) is 54.6 Å². The predicted octanol–water partition coefficient (Wildman–Crippen LogP) is 3.64. The van der Waals surface area contributed by atoms with Crippen molar-refractivity contribution in [3.63, 3.8) is 0 Å². The monoisotopic (exact) mass is 341 g/mol. The third-order valence-corrected chi connectivity index (χ3v) is 3.85. The van der Waals surface area contributed by atoms with Gasteiger partial charge < -0.3 is 15.2 Å². The molecule has 4 heteroatoms. The van der Waals surface area contributed by atoms with Crippen LogP contribution in [0.25, 0.3) is 0 Å². The van der Waals surface area contributed by atoms with Crippen LogP contribution in [0.2, 0.25) is 0 Å². The van der Waals surface area contributed by atoms with E-state index in [4.69, 9.17) is 4.74 Å². The fourth-order valence-corrected chi connectivity index (χ4v) is 2.72. The molecule has 0 fully saturated rings. The molecule has 0 aromatic heterocycles. The van der Waals surface area contributed by atoms with Crippen molar-refractivity contribution < 1.29 is 14.6 Å². The van der Waals surface area contributed by atoms with E-state index >= 15 is 0 Å². The Kier molecular flexibility index (Phi) is 7.02. The molecular weight excluding hydrogens is 314 g/mol. The molecule has 0 aliphatic carbocycles. The third kappa shape index (κ3) is 6.24. The van der Waals surface area contributed by atoms with Gasteiger partial charge in [-0.25, -0.2) is 0 Å². The lowest BCUT2D eigenvalue weighted by Gasteiger charge is -2.19. The number of carbonyl (C=O) groups is 1. The molecule has 0 bridgehead atoms. The molecule has 0 aliphatic heterocycles. The average Bonchev–Trinajstić information content (AvgIpc) is 2.56. The predicted molar refractivity (Wildman–Crippen MR) is 99.5 cm³/mol. The summed E-state index contributed by atoms with van der Waals surface area (Å²) in [7, 11) is 0. The second-order valence-corrected chi connectivity index (χ2v) is 6.58. The molecule has 2 rings (SSSR count). The van der Waals surface area contributed by atoms with Crippen molar-refractivity contribution in [3.05, 3.63) is 65.7 Å². The second kappa shape index (κ2) is 9.23. The lowest BCUT2D eigenvalue weighted by molar-refractivity contribution is -0.121. The summed E-state index contributed by atoms with van der Waals surface area (Å²) >= 11 is 0. The van der Waals surface area contributed by atoms with Gasteiger partial charge in [-0.3, -0.25) is 4.79 Å². The highest BCUT2D eigenvalue weighted by molar-refractivity contribution is 5.79. The van der Waals surface area contributed by atoms with Crippen molar-refractivity contribution in [1.29, 1.82) is 0 Å². The van der Waals surface area contributed by atoms with Crippen molar-refractivity contribution in [1.82, 2.24) is 5.32 Å². The molecule has 4 nitrogen and oxygen atoms in total. The smallest absolute Gasteiger partial charge is 0.224 e. The van der Waals surface area contributed by atoms with Gasteiger partial charge in [-0.1, -0.05) is 48.5 Å². The van der Waals surface area contributed by atoms with Crippen molar-refractivity contribution >= 4 is 5.91 Å². The van der Waals surface area contributed by atoms with Crippen LogP contribution in [0, 0.1) is 0 Å². The summed E-state index contributed by atoms with van der Waals surface area (Å²) < 4.78 is 5.75. The molecule has 2 aromatic carbocycles. The van der Waals surface area contributed by atoms with E-state index in [9.17, 15) is 9.90 Å². The molecule has 2 aromatic rings. The van der Waals surface area contributed by atoms with Gasteiger partial charge in [-0.2, -0.15) is 0 Å². The zero-order valence-corrected chi connectivity index (χ0v) is 15.1. The van der Waals surface area contributed by atoms with Gasteiger partial charge in [0, 0.05) is 11.6 Å². The van der Waals surface area contributed by atoms with Crippen LogP contribution in [0.5, 0.6) is 5.75 Å². The number of hydrogen-bond acceptors (Lipinski definition) is 3. The molecule has 2 N–H and O–H groups in total. The Morgan fingerprint density at radius 1 is 1.04 bits per heavy atom. The van der Waals surface area contributed by atoms with Crippen molar-refractivity contribution in [2.45, 2.75) is 51.9 Å². The highest BCUT2D eigenvalue weighted by Gasteiger charge is 2.16. The minimum Gasteiger partial charge on any atom is -0.491 e. The number of hydrogen-bond donors (Lipinski definition) is 2. The van der Waals surface area contributed by atoms with Crippen LogP contribution in [-0.2, 0) is 11.2 Å². The maximum Gasteiger partial charge on any atom is 0.224 e. The molecule has 0 saturated carbocycles. The van der Waals surface area contributed by atoms with E-state index in [1.54, 1.807) is 0 Å². The SMILES string of the molecule is CC(CC(O)c1ccccc1)NC(=O)Cc1ccccc1OC(C)C. The van der Waals surface area contributed by atoms with Crippen molar-refractivity contribution in [2.75, 3.05) is 0 Å². The normalized spacial score (nSPS) is 13.3. The molecule has 134 valence electrons. The topological polar surface area (TPSA) is 58.6 Å². The Balaban J connectivity index is 1.90. The maximum atomic E-state index is 12.3. The summed E-state index contributed by atoms with van der Waals surface area (Å²) in [6.45, 7) is 5.83. The van der Waals surface area contributed by atoms with Crippen LogP contribution in [0.3, 0.4) is 0 Å². The molecule has 0 aliphatic rings. The van der Waals surface area contributed by atoms with Crippen LogP contribution in [0.4, 0.5) is 0 Å². The molecule has 0 spiro atoms. The highest BCUT2D eigenvalue weighted by atomic mass is 16.5. The number of para-hydroxylation sites is 1. The molecule has 25 heavy (non-hydrogen) atoms. The van der Waals surface area contributed by atoms with E-state index in [2.05, 4.69) is 5.32 Å². The molecular formula is C21H27NO3. The quantitative estimate of drug-likeness (QED) is 0.770. The zero-order chi connectivity index (χ0) is 18.2. The Morgan fingerprint density at radius 2 is 1.68 bits per heavy atom. The number of aliphatic hydroxyl groups is 1. The van der Waals surface area contributed by atoms with Crippen LogP contribution >= 0.6 is 0 Å². The van der Waals surface area contributed by atoms with Gasteiger partial charge in [0.25, 0.3) is 0 Å². The van der Waals surface area contributed by atoms with E-state index in [1.165, 1.54) is 0 Å². The van der Waals surface area contributed by atoms with Gasteiger partial charge in [0.2, 0.25) is 5.91 Å². The Morgan fingerprint density at radius 3 is 2.36 bits per heavy atom. The van der Waals surface area contributed by atoms with Crippen molar-refractivity contribution in [3.8, 4) is 5.75 Å². The van der Waals surface area contributed by atoms with Gasteiger partial charge in [0.05, 0.1) is 18.6 Å². The van der Waals surface area contributed by atoms with Gasteiger partial charge in [-0.05, 0) is 38.8 Å². The first-order valence-electron chi connectivity index (χ1n) is 8.72. The number of nitrogens with one attached hydrogen (secondary N) is 1. The summed E-state index contributed by atoms with van der Waals surface area (Å²) in [6, 6.07) is 16.9. The Hall–Kier alpha value is -2.33. The van der Waals surface area contributed by atoms with Gasteiger partial charge >= 0.3 is 0 Å². The van der Waals surface area contributed by atoms with Gasteiger partial charge in [-0.15, -0.1) is 0 Å². The second-order valence-electron chi connectivity index (χ2n) is 6.58. The summed E-state index contributed by atoms with van der Waals surface area (Å²) in [5.74, 6) is 0.664. The van der Waals surface area contributed by atoms with Crippen LogP contribution in [-0.4, -0.2) is 23.2 Å². The third-order valence-electron chi connectivity index (χ3n) is 3.85. The van der Waals surface area contributed by atoms with E-state index in [-0.39, 0.29) is 24.5 Å². The number of carbonyl (C=O) groups excluding carboxylic acids is 1. The molecule has 0 radical (unpaired) electrons. The summed E-state index contributed by atoms with van der Waals surface area (Å²) in [4.78, 5) is 12.3. The summed E-state index contributed by atoms with van der Waals surface area (Å²) in [5.41, 5.74) is 1.73. The highest BCUT2D eigenvalue weighted by Crippen LogP contribution is 2.21. The van der Waals surface area contributed by atoms with Crippen LogP contribution < -0.4 is 10.1 Å². The molecule has 1 amide bonds. The van der Waals surface area contributed by atoms with Crippen molar-refractivity contribution in [2.24, 2.45) is 0 Å². The maximum absolute atomic E-state index is 12.3. The number of ether oxygens (including phenoxy) is 1. The fourth-order valence-electron chi connectivity index (χ4n) is 2.72. The first-order valence-corrected chi connectivity index (χ1v) is 8.72. The van der Waals surface area contributed by atoms with E-state index in [0.29, 0.717) is 6.42 Å². The number of amides is 1. The minimum atomic E-state index is -0.590. The molecule has 0 heterocycles. The van der Waals surface area contributed by atoms with E-state index < -0.39 is 6.10 Å². The minimum absolute atomic E-state index is 0.0594. The number of aliphatic hydroxyl groups excluding tert-OH is 1. The molecule has 2 unspecified atom stereocenters. The standard InChI is InChI=1S/C21H27NO3/c1-15(2)25-20-12-8-7-11-18(20)14-21(24)22-16(3)13-19(23)17-9-5-4-6-10-17/h4-12,15-16,19,23H,13-14H2,1-3H3,(H,22,24). The van der Waals surface area contributed by atoms with Gasteiger partial charge in [0.15, 0.2) is 0 Å². The first-order chi connectivity index (χ1) is 12.0. The largest absolute Gasteiger partial charge is 0.491 e. The Bertz CT molecular complexity index is 670. The number of rotatable bonds is 8. The average molecular weight is 341 g/mol. The first kappa shape index (κ1) is 19.0.